The second kappa shape index (κ2) is 4.21. The molecule has 0 aromatic heterocycles. The Labute approximate surface area is 59.7 Å². The van der Waals surface area contributed by atoms with E-state index in [1.807, 2.05) is 18.7 Å². The van der Waals surface area contributed by atoms with Gasteiger partial charge < -0.3 is 0 Å². The molecule has 0 aromatic rings. The Kier molecular flexibility index (Phi) is 4.38. The van der Waals surface area contributed by atoms with Gasteiger partial charge in [-0.2, -0.15) is 0 Å². The average Bonchev–Trinajstić information content (AvgIpc) is 1.67. The number of nitrogens with zero attached hydrogens (tertiary/aromatic N) is 1. The van der Waals surface area contributed by atoms with E-state index < -0.39 is 0 Å². The van der Waals surface area contributed by atoms with E-state index in [9.17, 15) is 0 Å². The summed E-state index contributed by atoms with van der Waals surface area (Å²) in [6, 6.07) is 0. The van der Waals surface area contributed by atoms with Crippen LogP contribution in [0.25, 0.3) is 0 Å². The van der Waals surface area contributed by atoms with E-state index in [0.29, 0.717) is 0 Å². The molecule has 0 aliphatic heterocycles. The molecule has 48 valence electrons. The van der Waals surface area contributed by atoms with Crippen molar-refractivity contribution in [3.05, 3.63) is 0 Å². The van der Waals surface area contributed by atoms with Crippen molar-refractivity contribution >= 4 is 27.9 Å². The van der Waals surface area contributed by atoms with Gasteiger partial charge >= 0.3 is 4.50 Å². The average molecular weight is 153 g/mol. The van der Waals surface area contributed by atoms with Crippen molar-refractivity contribution in [1.82, 2.24) is 0 Å². The van der Waals surface area contributed by atoms with Crippen molar-refractivity contribution in [1.29, 1.82) is 0 Å². The zero-order valence-corrected chi connectivity index (χ0v) is 7.01. The Balaban J connectivity index is 3.62. The topological polar surface area (TPSA) is 3.01 Å². The van der Waals surface area contributed by atoms with Crippen molar-refractivity contribution in [3.63, 3.8) is 0 Å². The Morgan fingerprint density at radius 3 is 2.25 bits per heavy atom. The molecule has 1 nitrogen and oxygen atoms in total. The van der Waals surface area contributed by atoms with Gasteiger partial charge in [-0.1, -0.05) is 6.92 Å². The van der Waals surface area contributed by atoms with Crippen molar-refractivity contribution < 1.29 is 4.58 Å². The van der Waals surface area contributed by atoms with Crippen LogP contribution in [0.1, 0.15) is 6.92 Å². The van der Waals surface area contributed by atoms with Crippen molar-refractivity contribution in [2.45, 2.75) is 6.92 Å². The first-order valence-corrected chi connectivity index (χ1v) is 3.87. The predicted molar refractivity (Wildman–Crippen MR) is 41.1 cm³/mol. The standard InChI is InChI=1S/C5H11ClNS/c1-4-8-5(6)7(2)3/h4H2,1-3H3/q+1. The van der Waals surface area contributed by atoms with Gasteiger partial charge in [0.25, 0.3) is 0 Å². The second-order valence-electron chi connectivity index (χ2n) is 1.58. The Morgan fingerprint density at radius 2 is 2.12 bits per heavy atom. The molecule has 0 fully saturated rings. The minimum atomic E-state index is 0.854. The maximum Gasteiger partial charge on any atom is 0.304 e. The molecule has 0 heterocycles. The van der Waals surface area contributed by atoms with Crippen LogP contribution in [0.15, 0.2) is 0 Å². The highest BCUT2D eigenvalue weighted by Gasteiger charge is 1.99. The molecule has 0 radical (unpaired) electrons. The normalized spacial score (nSPS) is 9.00. The van der Waals surface area contributed by atoms with Crippen molar-refractivity contribution in [3.8, 4) is 0 Å². The maximum atomic E-state index is 5.72. The van der Waals surface area contributed by atoms with Crippen LogP contribution in [0.2, 0.25) is 0 Å². The highest BCUT2D eigenvalue weighted by atomic mass is 35.5. The molecule has 0 atom stereocenters. The maximum absolute atomic E-state index is 5.72. The van der Waals surface area contributed by atoms with Crippen LogP contribution >= 0.6 is 23.4 Å². The molecule has 0 rings (SSSR count). The molecule has 3 heteroatoms. The van der Waals surface area contributed by atoms with Gasteiger partial charge in [0.15, 0.2) is 0 Å². The van der Waals surface area contributed by atoms with Crippen LogP contribution in [0.4, 0.5) is 0 Å². The number of rotatable bonds is 1. The van der Waals surface area contributed by atoms with Crippen LogP contribution in [0, 0.1) is 0 Å². The highest BCUT2D eigenvalue weighted by molar-refractivity contribution is 8.16. The zero-order valence-electron chi connectivity index (χ0n) is 5.44. The SMILES string of the molecule is CCSC(Cl)=[N+](C)C. The van der Waals surface area contributed by atoms with Crippen molar-refractivity contribution in [2.24, 2.45) is 0 Å². The number of halogens is 1. The van der Waals surface area contributed by atoms with E-state index in [0.717, 1.165) is 10.3 Å². The fourth-order valence-corrected chi connectivity index (χ4v) is 1.07. The lowest BCUT2D eigenvalue weighted by molar-refractivity contribution is -0.459. The summed E-state index contributed by atoms with van der Waals surface area (Å²) in [6.07, 6.45) is 0. The summed E-state index contributed by atoms with van der Waals surface area (Å²) in [5.41, 5.74) is 0. The molecular weight excluding hydrogens is 142 g/mol. The predicted octanol–water partition coefficient (Wildman–Crippen LogP) is 1.61. The van der Waals surface area contributed by atoms with E-state index >= 15 is 0 Å². The van der Waals surface area contributed by atoms with Gasteiger partial charge in [0, 0.05) is 5.75 Å². The Hall–Kier alpha value is 0.310. The molecule has 0 aliphatic rings. The number of hydrogen-bond acceptors (Lipinski definition) is 1. The summed E-state index contributed by atoms with van der Waals surface area (Å²) in [6.45, 7) is 2.08. The lowest BCUT2D eigenvalue weighted by Gasteiger charge is -1.88. The van der Waals surface area contributed by atoms with E-state index in [2.05, 4.69) is 6.92 Å². The van der Waals surface area contributed by atoms with Gasteiger partial charge in [0.1, 0.15) is 14.1 Å². The summed E-state index contributed by atoms with van der Waals surface area (Å²) < 4.78 is 2.75. The Bertz CT molecular complexity index is 96.6. The molecule has 0 saturated carbocycles. The lowest BCUT2D eigenvalue weighted by atomic mass is 11.0. The third-order valence-electron chi connectivity index (χ3n) is 0.615. The van der Waals surface area contributed by atoms with Crippen LogP contribution in [0.3, 0.4) is 0 Å². The van der Waals surface area contributed by atoms with Gasteiger partial charge in [-0.15, -0.1) is 0 Å². The van der Waals surface area contributed by atoms with Crippen LogP contribution < -0.4 is 0 Å². The fourth-order valence-electron chi connectivity index (χ4n) is 0.248. The summed E-state index contributed by atoms with van der Waals surface area (Å²) in [7, 11) is 3.87. The van der Waals surface area contributed by atoms with E-state index in [1.54, 1.807) is 11.8 Å². The molecule has 0 N–H and O–H groups in total. The molecular formula is C5H11ClNS+. The zero-order chi connectivity index (χ0) is 6.57. The second-order valence-corrected chi connectivity index (χ2v) is 3.42. The van der Waals surface area contributed by atoms with Crippen LogP contribution in [0.5, 0.6) is 0 Å². The van der Waals surface area contributed by atoms with Crippen LogP contribution in [-0.4, -0.2) is 28.9 Å². The van der Waals surface area contributed by atoms with E-state index in [4.69, 9.17) is 11.6 Å². The molecule has 0 amide bonds. The molecule has 0 unspecified atom stereocenters. The highest BCUT2D eigenvalue weighted by Crippen LogP contribution is 2.04. The Morgan fingerprint density at radius 1 is 1.62 bits per heavy atom. The molecule has 0 spiro atoms. The fraction of sp³-hybridized carbons (Fsp3) is 0.800. The van der Waals surface area contributed by atoms with E-state index in [1.165, 1.54) is 0 Å². The third-order valence-corrected chi connectivity index (χ3v) is 2.17. The molecule has 8 heavy (non-hydrogen) atoms. The summed E-state index contributed by atoms with van der Waals surface area (Å²) in [5.74, 6) is 1.04. The minimum Gasteiger partial charge on any atom is -0.220 e. The van der Waals surface area contributed by atoms with Crippen molar-refractivity contribution in [2.75, 3.05) is 19.8 Å². The molecule has 0 saturated heterocycles. The molecule has 0 aliphatic carbocycles. The minimum absolute atomic E-state index is 0.854. The van der Waals surface area contributed by atoms with E-state index in [-0.39, 0.29) is 0 Å². The van der Waals surface area contributed by atoms with Gasteiger partial charge in [-0.3, -0.25) is 0 Å². The van der Waals surface area contributed by atoms with Gasteiger partial charge in [0.2, 0.25) is 0 Å². The van der Waals surface area contributed by atoms with Crippen LogP contribution in [-0.2, 0) is 0 Å². The first kappa shape index (κ1) is 8.31. The quantitative estimate of drug-likeness (QED) is 0.314. The molecule has 0 bridgehead atoms. The monoisotopic (exact) mass is 152 g/mol. The third kappa shape index (κ3) is 3.33. The molecule has 0 aromatic carbocycles. The number of hydrogen-bond donors (Lipinski definition) is 0. The first-order chi connectivity index (χ1) is 3.68. The lowest BCUT2D eigenvalue weighted by Crippen LogP contribution is -2.02. The van der Waals surface area contributed by atoms with Gasteiger partial charge in [0.05, 0.1) is 0 Å². The smallest absolute Gasteiger partial charge is 0.220 e. The first-order valence-electron chi connectivity index (χ1n) is 2.51. The summed E-state index contributed by atoms with van der Waals surface area (Å²) in [4.78, 5) is 0. The number of thioether (sulfide) groups is 1. The van der Waals surface area contributed by atoms with Gasteiger partial charge in [-0.05, 0) is 23.4 Å². The largest absolute Gasteiger partial charge is 0.304 e. The summed E-state index contributed by atoms with van der Waals surface area (Å²) in [5, 5.41) is 0. The summed E-state index contributed by atoms with van der Waals surface area (Å²) >= 11 is 7.37. The van der Waals surface area contributed by atoms with Gasteiger partial charge in [-0.25, -0.2) is 4.58 Å².